The molecule has 0 spiro atoms. The molecule has 0 fully saturated rings. The van der Waals surface area contributed by atoms with E-state index in [1.165, 1.54) is 0 Å². The third-order valence-corrected chi connectivity index (χ3v) is 4.16. The number of ether oxygens (including phenoxy) is 2. The van der Waals surface area contributed by atoms with Gasteiger partial charge in [0.15, 0.2) is 6.61 Å². The average Bonchev–Trinajstić information content (AvgIpc) is 2.54. The molecule has 1 N–H and O–H groups in total. The lowest BCUT2D eigenvalue weighted by Gasteiger charge is -2.10. The van der Waals surface area contributed by atoms with Crippen molar-refractivity contribution in [2.75, 3.05) is 19.8 Å². The zero-order valence-electron chi connectivity index (χ0n) is 13.3. The standard InChI is InChI=1S/C18H20BrNO3/c1-13-5-3-4-6-17(13)22-10-9-20-18(21)12-23-15-7-8-16(19)14(2)11-15/h3-8,11H,9-10,12H2,1-2H3,(H,20,21). The monoisotopic (exact) mass is 377 g/mol. The van der Waals surface area contributed by atoms with E-state index in [0.29, 0.717) is 18.9 Å². The zero-order chi connectivity index (χ0) is 16.7. The van der Waals surface area contributed by atoms with Crippen molar-refractivity contribution in [1.29, 1.82) is 0 Å². The van der Waals surface area contributed by atoms with Gasteiger partial charge in [0.05, 0.1) is 6.54 Å². The molecular weight excluding hydrogens is 358 g/mol. The number of benzene rings is 2. The van der Waals surface area contributed by atoms with Crippen molar-refractivity contribution in [3.05, 3.63) is 58.1 Å². The lowest BCUT2D eigenvalue weighted by molar-refractivity contribution is -0.123. The molecule has 0 saturated heterocycles. The van der Waals surface area contributed by atoms with Gasteiger partial charge in [-0.15, -0.1) is 0 Å². The quantitative estimate of drug-likeness (QED) is 0.749. The van der Waals surface area contributed by atoms with Crippen LogP contribution in [0.2, 0.25) is 0 Å². The zero-order valence-corrected chi connectivity index (χ0v) is 14.9. The third kappa shape index (κ3) is 5.60. The van der Waals surface area contributed by atoms with Gasteiger partial charge >= 0.3 is 0 Å². The van der Waals surface area contributed by atoms with Crippen LogP contribution in [0, 0.1) is 13.8 Å². The number of para-hydroxylation sites is 1. The van der Waals surface area contributed by atoms with Crippen LogP contribution in [0.1, 0.15) is 11.1 Å². The maximum atomic E-state index is 11.7. The smallest absolute Gasteiger partial charge is 0.258 e. The highest BCUT2D eigenvalue weighted by Gasteiger charge is 2.04. The minimum atomic E-state index is -0.168. The van der Waals surface area contributed by atoms with Crippen LogP contribution >= 0.6 is 15.9 Å². The minimum Gasteiger partial charge on any atom is -0.491 e. The molecule has 4 nitrogen and oxygen atoms in total. The lowest BCUT2D eigenvalue weighted by Crippen LogP contribution is -2.32. The summed E-state index contributed by atoms with van der Waals surface area (Å²) in [6.45, 7) is 4.82. The minimum absolute atomic E-state index is 0.00849. The van der Waals surface area contributed by atoms with Crippen molar-refractivity contribution >= 4 is 21.8 Å². The van der Waals surface area contributed by atoms with Crippen LogP contribution in [0.4, 0.5) is 0 Å². The van der Waals surface area contributed by atoms with E-state index in [1.807, 2.05) is 56.3 Å². The molecule has 0 aliphatic carbocycles. The SMILES string of the molecule is Cc1cc(OCC(=O)NCCOc2ccccc2C)ccc1Br. The van der Waals surface area contributed by atoms with E-state index in [9.17, 15) is 4.79 Å². The molecule has 0 unspecified atom stereocenters. The summed E-state index contributed by atoms with van der Waals surface area (Å²) in [4.78, 5) is 11.7. The molecule has 0 atom stereocenters. The van der Waals surface area contributed by atoms with Crippen LogP contribution < -0.4 is 14.8 Å². The summed E-state index contributed by atoms with van der Waals surface area (Å²) in [6.07, 6.45) is 0. The van der Waals surface area contributed by atoms with E-state index < -0.39 is 0 Å². The van der Waals surface area contributed by atoms with Gasteiger partial charge in [-0.2, -0.15) is 0 Å². The van der Waals surface area contributed by atoms with Crippen molar-refractivity contribution < 1.29 is 14.3 Å². The lowest BCUT2D eigenvalue weighted by atomic mass is 10.2. The summed E-state index contributed by atoms with van der Waals surface area (Å²) < 4.78 is 12.1. The molecule has 0 radical (unpaired) electrons. The summed E-state index contributed by atoms with van der Waals surface area (Å²) in [5.41, 5.74) is 2.14. The fourth-order valence-electron chi connectivity index (χ4n) is 1.98. The molecule has 0 aliphatic heterocycles. The van der Waals surface area contributed by atoms with E-state index >= 15 is 0 Å². The topological polar surface area (TPSA) is 47.6 Å². The van der Waals surface area contributed by atoms with Gasteiger partial charge < -0.3 is 14.8 Å². The molecular formula is C18H20BrNO3. The molecule has 23 heavy (non-hydrogen) atoms. The van der Waals surface area contributed by atoms with Gasteiger partial charge in [-0.3, -0.25) is 4.79 Å². The number of rotatable bonds is 7. The number of hydrogen-bond acceptors (Lipinski definition) is 3. The molecule has 0 aliphatic rings. The second-order valence-electron chi connectivity index (χ2n) is 5.16. The van der Waals surface area contributed by atoms with Crippen molar-refractivity contribution in [2.24, 2.45) is 0 Å². The van der Waals surface area contributed by atoms with Gasteiger partial charge in [0, 0.05) is 4.47 Å². The number of amides is 1. The van der Waals surface area contributed by atoms with Crippen LogP contribution in [0.5, 0.6) is 11.5 Å². The van der Waals surface area contributed by atoms with Crippen molar-refractivity contribution in [3.63, 3.8) is 0 Å². The second-order valence-corrected chi connectivity index (χ2v) is 6.02. The molecule has 0 bridgehead atoms. The van der Waals surface area contributed by atoms with Gasteiger partial charge in [0.2, 0.25) is 0 Å². The fraction of sp³-hybridized carbons (Fsp3) is 0.278. The Labute approximate surface area is 144 Å². The van der Waals surface area contributed by atoms with Crippen LogP contribution in [0.15, 0.2) is 46.9 Å². The van der Waals surface area contributed by atoms with E-state index in [1.54, 1.807) is 0 Å². The molecule has 5 heteroatoms. The molecule has 0 heterocycles. The maximum absolute atomic E-state index is 11.7. The summed E-state index contributed by atoms with van der Waals surface area (Å²) in [7, 11) is 0. The number of halogens is 1. The van der Waals surface area contributed by atoms with Crippen LogP contribution in [-0.2, 0) is 4.79 Å². The average molecular weight is 378 g/mol. The Hall–Kier alpha value is -2.01. The Morgan fingerprint density at radius 1 is 1.09 bits per heavy atom. The van der Waals surface area contributed by atoms with E-state index in [4.69, 9.17) is 9.47 Å². The predicted molar refractivity (Wildman–Crippen MR) is 94.1 cm³/mol. The first kappa shape index (κ1) is 17.3. The molecule has 2 rings (SSSR count). The van der Waals surface area contributed by atoms with Gasteiger partial charge in [0.1, 0.15) is 18.1 Å². The van der Waals surface area contributed by atoms with E-state index in [2.05, 4.69) is 21.2 Å². The van der Waals surface area contributed by atoms with Gasteiger partial charge in [0.25, 0.3) is 5.91 Å². The highest BCUT2D eigenvalue weighted by Crippen LogP contribution is 2.21. The number of hydrogen-bond donors (Lipinski definition) is 1. The number of aryl methyl sites for hydroxylation is 2. The molecule has 2 aromatic carbocycles. The van der Waals surface area contributed by atoms with Crippen molar-refractivity contribution in [3.8, 4) is 11.5 Å². The highest BCUT2D eigenvalue weighted by molar-refractivity contribution is 9.10. The third-order valence-electron chi connectivity index (χ3n) is 3.27. The molecule has 2 aromatic rings. The molecule has 122 valence electrons. The second kappa shape index (κ2) is 8.58. The summed E-state index contributed by atoms with van der Waals surface area (Å²) >= 11 is 3.43. The van der Waals surface area contributed by atoms with Crippen LogP contribution in [0.25, 0.3) is 0 Å². The number of carbonyl (C=O) groups excluding carboxylic acids is 1. The fourth-order valence-corrected chi connectivity index (χ4v) is 2.22. The Bertz CT molecular complexity index is 673. The Kier molecular flexibility index (Phi) is 6.47. The van der Waals surface area contributed by atoms with Crippen LogP contribution in [0.3, 0.4) is 0 Å². The van der Waals surface area contributed by atoms with E-state index in [0.717, 1.165) is 21.3 Å². The Morgan fingerprint density at radius 3 is 2.61 bits per heavy atom. The van der Waals surface area contributed by atoms with Gasteiger partial charge in [-0.25, -0.2) is 0 Å². The van der Waals surface area contributed by atoms with Gasteiger partial charge in [-0.05, 0) is 49.2 Å². The molecule has 1 amide bonds. The summed E-state index contributed by atoms with van der Waals surface area (Å²) in [5.74, 6) is 1.35. The van der Waals surface area contributed by atoms with Gasteiger partial charge in [-0.1, -0.05) is 34.1 Å². The first-order chi connectivity index (χ1) is 11.1. The van der Waals surface area contributed by atoms with E-state index in [-0.39, 0.29) is 12.5 Å². The normalized spacial score (nSPS) is 10.2. The summed E-state index contributed by atoms with van der Waals surface area (Å²) in [6, 6.07) is 13.4. The largest absolute Gasteiger partial charge is 0.491 e. The first-order valence-corrected chi connectivity index (χ1v) is 8.19. The maximum Gasteiger partial charge on any atom is 0.258 e. The summed E-state index contributed by atoms with van der Waals surface area (Å²) in [5, 5.41) is 2.77. The molecule has 0 aromatic heterocycles. The van der Waals surface area contributed by atoms with Crippen molar-refractivity contribution in [2.45, 2.75) is 13.8 Å². The van der Waals surface area contributed by atoms with Crippen molar-refractivity contribution in [1.82, 2.24) is 5.32 Å². The Balaban J connectivity index is 1.67. The predicted octanol–water partition coefficient (Wildman–Crippen LogP) is 3.64. The first-order valence-electron chi connectivity index (χ1n) is 7.40. The highest BCUT2D eigenvalue weighted by atomic mass is 79.9. The number of carbonyl (C=O) groups is 1. The van der Waals surface area contributed by atoms with Crippen LogP contribution in [-0.4, -0.2) is 25.7 Å². The Morgan fingerprint density at radius 2 is 1.87 bits per heavy atom. The number of nitrogens with one attached hydrogen (secondary N) is 1. The molecule has 0 saturated carbocycles.